The van der Waals surface area contributed by atoms with E-state index in [4.69, 9.17) is 0 Å². The predicted molar refractivity (Wildman–Crippen MR) is 113 cm³/mol. The highest BCUT2D eigenvalue weighted by atomic mass is 16.2. The quantitative estimate of drug-likeness (QED) is 0.852. The standard InChI is InChI=1S/C23H30N4O2/c1-16-15-17(2)27(25-16)20-12-10-19(11-13-20)24-22(28)21-9-5-6-14-26(21)23(29)18-7-3-4-8-18/h10-13,15,18,21H,3-9,14H2,1-2H3,(H,24,28)/t21-/m0/s1. The van der Waals surface area contributed by atoms with Gasteiger partial charge in [-0.25, -0.2) is 4.68 Å². The molecule has 2 heterocycles. The Morgan fingerprint density at radius 1 is 1.00 bits per heavy atom. The minimum absolute atomic E-state index is 0.0742. The number of rotatable bonds is 4. The Morgan fingerprint density at radius 2 is 1.69 bits per heavy atom. The zero-order valence-electron chi connectivity index (χ0n) is 17.4. The zero-order valence-corrected chi connectivity index (χ0v) is 17.4. The van der Waals surface area contributed by atoms with Gasteiger partial charge in [0, 0.05) is 23.8 Å². The molecule has 154 valence electrons. The van der Waals surface area contributed by atoms with Gasteiger partial charge in [0.25, 0.3) is 0 Å². The molecule has 1 aromatic carbocycles. The number of anilines is 1. The zero-order chi connectivity index (χ0) is 20.4. The van der Waals surface area contributed by atoms with Crippen LogP contribution < -0.4 is 5.32 Å². The van der Waals surface area contributed by atoms with E-state index in [9.17, 15) is 9.59 Å². The Balaban J connectivity index is 1.44. The molecule has 2 aromatic rings. The summed E-state index contributed by atoms with van der Waals surface area (Å²) in [6.07, 6.45) is 6.91. The maximum Gasteiger partial charge on any atom is 0.247 e. The molecule has 1 saturated carbocycles. The first kappa shape index (κ1) is 19.7. The number of hydrogen-bond donors (Lipinski definition) is 1. The van der Waals surface area contributed by atoms with Crippen molar-refractivity contribution in [2.24, 2.45) is 5.92 Å². The molecule has 1 N–H and O–H groups in total. The van der Waals surface area contributed by atoms with Crippen LogP contribution in [0.1, 0.15) is 56.3 Å². The fourth-order valence-corrected chi connectivity index (χ4v) is 4.68. The van der Waals surface area contributed by atoms with Crippen molar-refractivity contribution in [1.29, 1.82) is 0 Å². The number of likely N-dealkylation sites (tertiary alicyclic amines) is 1. The minimum atomic E-state index is -0.354. The number of aryl methyl sites for hydroxylation is 2. The molecule has 0 bridgehead atoms. The van der Waals surface area contributed by atoms with Crippen LogP contribution in [0.25, 0.3) is 5.69 Å². The summed E-state index contributed by atoms with van der Waals surface area (Å²) in [5, 5.41) is 7.52. The number of nitrogens with one attached hydrogen (secondary N) is 1. The smallest absolute Gasteiger partial charge is 0.247 e. The molecule has 1 aliphatic heterocycles. The number of amides is 2. The fourth-order valence-electron chi connectivity index (χ4n) is 4.68. The lowest BCUT2D eigenvalue weighted by molar-refractivity contribution is -0.143. The van der Waals surface area contributed by atoms with Crippen molar-refractivity contribution in [3.05, 3.63) is 41.7 Å². The van der Waals surface area contributed by atoms with Gasteiger partial charge in [0.05, 0.1) is 11.4 Å². The van der Waals surface area contributed by atoms with Gasteiger partial charge in [-0.1, -0.05) is 12.8 Å². The number of benzene rings is 1. The molecule has 4 rings (SSSR count). The van der Waals surface area contributed by atoms with Gasteiger partial charge in [-0.05, 0) is 76.3 Å². The van der Waals surface area contributed by atoms with Crippen LogP contribution in [-0.2, 0) is 9.59 Å². The average Bonchev–Trinajstić information content (AvgIpc) is 3.37. The molecule has 2 fully saturated rings. The summed E-state index contributed by atoms with van der Waals surface area (Å²) in [4.78, 5) is 27.8. The fraction of sp³-hybridized carbons (Fsp3) is 0.522. The molecule has 0 spiro atoms. The maximum absolute atomic E-state index is 13.0. The van der Waals surface area contributed by atoms with Gasteiger partial charge < -0.3 is 10.2 Å². The molecule has 2 amide bonds. The van der Waals surface area contributed by atoms with Crippen LogP contribution >= 0.6 is 0 Å². The summed E-state index contributed by atoms with van der Waals surface area (Å²) >= 11 is 0. The third-order valence-corrected chi connectivity index (χ3v) is 6.18. The second kappa shape index (κ2) is 8.39. The van der Waals surface area contributed by atoms with Crippen LogP contribution in [-0.4, -0.2) is 39.1 Å². The summed E-state index contributed by atoms with van der Waals surface area (Å²) in [5.41, 5.74) is 3.76. The average molecular weight is 395 g/mol. The van der Waals surface area contributed by atoms with E-state index in [1.165, 1.54) is 0 Å². The van der Waals surface area contributed by atoms with Crippen molar-refractivity contribution in [1.82, 2.24) is 14.7 Å². The van der Waals surface area contributed by atoms with E-state index in [0.29, 0.717) is 6.54 Å². The Labute approximate surface area is 172 Å². The highest BCUT2D eigenvalue weighted by molar-refractivity contribution is 5.97. The van der Waals surface area contributed by atoms with E-state index in [2.05, 4.69) is 10.4 Å². The van der Waals surface area contributed by atoms with Crippen molar-refractivity contribution < 1.29 is 9.59 Å². The van der Waals surface area contributed by atoms with Crippen LogP contribution in [0.4, 0.5) is 5.69 Å². The Kier molecular flexibility index (Phi) is 5.69. The van der Waals surface area contributed by atoms with Gasteiger partial charge in [-0.3, -0.25) is 9.59 Å². The van der Waals surface area contributed by atoms with E-state index < -0.39 is 0 Å². The van der Waals surface area contributed by atoms with Gasteiger partial charge >= 0.3 is 0 Å². The first-order valence-corrected chi connectivity index (χ1v) is 10.8. The Bertz CT molecular complexity index is 881. The van der Waals surface area contributed by atoms with E-state index in [0.717, 1.165) is 67.7 Å². The number of aromatic nitrogens is 2. The van der Waals surface area contributed by atoms with E-state index in [-0.39, 0.29) is 23.8 Å². The molecule has 6 nitrogen and oxygen atoms in total. The van der Waals surface area contributed by atoms with E-state index >= 15 is 0 Å². The molecule has 0 radical (unpaired) electrons. The van der Waals surface area contributed by atoms with E-state index in [1.54, 1.807) is 0 Å². The third kappa shape index (κ3) is 4.21. The molecular formula is C23H30N4O2. The van der Waals surface area contributed by atoms with Crippen molar-refractivity contribution in [3.63, 3.8) is 0 Å². The first-order valence-electron chi connectivity index (χ1n) is 10.8. The van der Waals surface area contributed by atoms with Gasteiger partial charge in [0.2, 0.25) is 11.8 Å². The predicted octanol–water partition coefficient (Wildman–Crippen LogP) is 4.00. The lowest BCUT2D eigenvalue weighted by atomic mass is 9.97. The molecule has 1 aromatic heterocycles. The van der Waals surface area contributed by atoms with Gasteiger partial charge in [0.15, 0.2) is 0 Å². The summed E-state index contributed by atoms with van der Waals surface area (Å²) in [5.74, 6) is 0.223. The number of hydrogen-bond acceptors (Lipinski definition) is 3. The normalized spacial score (nSPS) is 20.1. The Morgan fingerprint density at radius 3 is 2.34 bits per heavy atom. The molecule has 6 heteroatoms. The second-order valence-corrected chi connectivity index (χ2v) is 8.40. The highest BCUT2D eigenvalue weighted by Gasteiger charge is 2.36. The van der Waals surface area contributed by atoms with Crippen molar-refractivity contribution in [2.75, 3.05) is 11.9 Å². The van der Waals surface area contributed by atoms with Gasteiger partial charge in [0.1, 0.15) is 6.04 Å². The number of carbonyl (C=O) groups is 2. The van der Waals surface area contributed by atoms with Crippen molar-refractivity contribution in [3.8, 4) is 5.69 Å². The van der Waals surface area contributed by atoms with E-state index in [1.807, 2.05) is 53.8 Å². The van der Waals surface area contributed by atoms with Crippen LogP contribution in [0.15, 0.2) is 30.3 Å². The molecule has 2 aliphatic rings. The molecular weight excluding hydrogens is 364 g/mol. The van der Waals surface area contributed by atoms with Crippen LogP contribution in [0.5, 0.6) is 0 Å². The Hall–Kier alpha value is -2.63. The summed E-state index contributed by atoms with van der Waals surface area (Å²) < 4.78 is 1.89. The first-order chi connectivity index (χ1) is 14.0. The molecule has 0 unspecified atom stereocenters. The third-order valence-electron chi connectivity index (χ3n) is 6.18. The largest absolute Gasteiger partial charge is 0.330 e. The van der Waals surface area contributed by atoms with Gasteiger partial charge in [-0.2, -0.15) is 5.10 Å². The summed E-state index contributed by atoms with van der Waals surface area (Å²) in [6, 6.07) is 9.39. The van der Waals surface area contributed by atoms with Gasteiger partial charge in [-0.15, -0.1) is 0 Å². The van der Waals surface area contributed by atoms with Crippen molar-refractivity contribution in [2.45, 2.75) is 64.8 Å². The number of piperidine rings is 1. The van der Waals surface area contributed by atoms with Crippen LogP contribution in [0.3, 0.4) is 0 Å². The lowest BCUT2D eigenvalue weighted by Crippen LogP contribution is -2.51. The van der Waals surface area contributed by atoms with Crippen molar-refractivity contribution >= 4 is 17.5 Å². The summed E-state index contributed by atoms with van der Waals surface area (Å²) in [6.45, 7) is 4.69. The minimum Gasteiger partial charge on any atom is -0.330 e. The van der Waals surface area contributed by atoms with Crippen LogP contribution in [0, 0.1) is 19.8 Å². The van der Waals surface area contributed by atoms with Crippen LogP contribution in [0.2, 0.25) is 0 Å². The monoisotopic (exact) mass is 394 g/mol. The number of carbonyl (C=O) groups excluding carboxylic acids is 2. The molecule has 29 heavy (non-hydrogen) atoms. The second-order valence-electron chi connectivity index (χ2n) is 8.40. The SMILES string of the molecule is Cc1cc(C)n(-c2ccc(NC(=O)[C@@H]3CCCCN3C(=O)C3CCCC3)cc2)n1. The number of nitrogens with zero attached hydrogens (tertiary/aromatic N) is 3. The summed E-state index contributed by atoms with van der Waals surface area (Å²) in [7, 11) is 0. The maximum atomic E-state index is 13.0. The molecule has 1 atom stereocenters. The lowest BCUT2D eigenvalue weighted by Gasteiger charge is -2.36. The highest BCUT2D eigenvalue weighted by Crippen LogP contribution is 2.29. The topological polar surface area (TPSA) is 67.2 Å². The molecule has 1 saturated heterocycles. The molecule has 1 aliphatic carbocycles.